The van der Waals surface area contributed by atoms with Crippen LogP contribution in [-0.4, -0.2) is 22.9 Å². The van der Waals surface area contributed by atoms with Gasteiger partial charge in [0.25, 0.3) is 0 Å². The molecular weight excluding hydrogens is 294 g/mol. The predicted octanol–water partition coefficient (Wildman–Crippen LogP) is 2.48. The van der Waals surface area contributed by atoms with Gasteiger partial charge in [0.1, 0.15) is 5.69 Å². The number of nitrogens with zero attached hydrogens (tertiary/aromatic N) is 1. The highest BCUT2D eigenvalue weighted by Gasteiger charge is 1.90. The lowest BCUT2D eigenvalue weighted by atomic mass is 10.2. The Hall–Kier alpha value is -2.19. The van der Waals surface area contributed by atoms with Gasteiger partial charge in [0.2, 0.25) is 6.41 Å². The minimum absolute atomic E-state index is 0.481. The van der Waals surface area contributed by atoms with Crippen molar-refractivity contribution in [2.24, 2.45) is 0 Å². The summed E-state index contributed by atoms with van der Waals surface area (Å²) in [4.78, 5) is 14.8. The van der Waals surface area contributed by atoms with Gasteiger partial charge in [-0.2, -0.15) is 0 Å². The third-order valence-corrected chi connectivity index (χ3v) is 3.02. The smallest absolute Gasteiger partial charge is 0.207 e. The van der Waals surface area contributed by atoms with E-state index in [1.807, 2.05) is 37.4 Å². The summed E-state index contributed by atoms with van der Waals surface area (Å²) in [6.45, 7) is 2.68. The van der Waals surface area contributed by atoms with Crippen molar-refractivity contribution in [1.29, 1.82) is 0 Å². The third kappa shape index (κ3) is 8.88. The second-order valence-electron chi connectivity index (χ2n) is 4.71. The van der Waals surface area contributed by atoms with Crippen LogP contribution in [-0.2, 0) is 4.79 Å². The minimum Gasteiger partial charge on any atom is -0.359 e. The van der Waals surface area contributed by atoms with Gasteiger partial charge in [-0.3, -0.25) is 4.79 Å². The van der Waals surface area contributed by atoms with E-state index in [0.29, 0.717) is 4.99 Å². The van der Waals surface area contributed by atoms with Gasteiger partial charge in [-0.05, 0) is 56.4 Å². The standard InChI is InChI=1S/C17H21N3OS/c1-15-8-7-9-16(20-15)10-11-17(22)19-13-6-4-2-3-5-12-18-14-21/h6-9,13-14H,2-5,12H2,1H3,(H,18,21)(H,19,22)/b13-6+. The Balaban J connectivity index is 2.18. The van der Waals surface area contributed by atoms with E-state index in [2.05, 4.69) is 27.5 Å². The number of carbonyl (C=O) groups excluding carboxylic acids is 1. The minimum atomic E-state index is 0.481. The molecule has 0 bridgehead atoms. The fourth-order valence-corrected chi connectivity index (χ4v) is 1.83. The summed E-state index contributed by atoms with van der Waals surface area (Å²) in [7, 11) is 0. The fraction of sp³-hybridized carbons (Fsp3) is 0.353. The molecule has 0 saturated heterocycles. The van der Waals surface area contributed by atoms with E-state index in [1.165, 1.54) is 0 Å². The van der Waals surface area contributed by atoms with Crippen LogP contribution in [0.3, 0.4) is 0 Å². The molecule has 0 aromatic carbocycles. The van der Waals surface area contributed by atoms with Crippen LogP contribution in [0.2, 0.25) is 0 Å². The van der Waals surface area contributed by atoms with E-state index >= 15 is 0 Å². The first-order chi connectivity index (χ1) is 10.7. The molecule has 1 aromatic heterocycles. The average molecular weight is 315 g/mol. The van der Waals surface area contributed by atoms with Crippen molar-refractivity contribution in [2.45, 2.75) is 32.6 Å². The summed E-state index contributed by atoms with van der Waals surface area (Å²) in [6, 6.07) is 5.71. The fourth-order valence-electron chi connectivity index (χ4n) is 1.71. The molecule has 0 atom stereocenters. The van der Waals surface area contributed by atoms with Gasteiger partial charge in [0, 0.05) is 12.2 Å². The van der Waals surface area contributed by atoms with Crippen molar-refractivity contribution in [3.63, 3.8) is 0 Å². The molecule has 116 valence electrons. The van der Waals surface area contributed by atoms with Gasteiger partial charge in [0.15, 0.2) is 4.99 Å². The second-order valence-corrected chi connectivity index (χ2v) is 5.12. The molecule has 1 heterocycles. The molecule has 1 aromatic rings. The Morgan fingerprint density at radius 2 is 2.23 bits per heavy atom. The maximum absolute atomic E-state index is 10.0. The number of amides is 1. The number of hydrogen-bond acceptors (Lipinski definition) is 3. The zero-order chi connectivity index (χ0) is 16.0. The quantitative estimate of drug-likeness (QED) is 0.335. The van der Waals surface area contributed by atoms with Crippen molar-refractivity contribution in [3.8, 4) is 11.8 Å². The van der Waals surface area contributed by atoms with Crippen molar-refractivity contribution in [1.82, 2.24) is 15.6 Å². The number of hydrogen-bond donors (Lipinski definition) is 2. The van der Waals surface area contributed by atoms with Crippen LogP contribution < -0.4 is 10.6 Å². The highest BCUT2D eigenvalue weighted by Crippen LogP contribution is 1.99. The molecule has 2 N–H and O–H groups in total. The van der Waals surface area contributed by atoms with Gasteiger partial charge in [-0.1, -0.05) is 30.8 Å². The number of pyridine rings is 1. The molecule has 0 aliphatic heterocycles. The predicted molar refractivity (Wildman–Crippen MR) is 93.3 cm³/mol. The highest BCUT2D eigenvalue weighted by molar-refractivity contribution is 7.80. The van der Waals surface area contributed by atoms with E-state index in [4.69, 9.17) is 12.2 Å². The maximum atomic E-state index is 10.0. The summed E-state index contributed by atoms with van der Waals surface area (Å²) in [5.41, 5.74) is 1.66. The van der Waals surface area contributed by atoms with Gasteiger partial charge >= 0.3 is 0 Å². The molecule has 22 heavy (non-hydrogen) atoms. The first-order valence-electron chi connectivity index (χ1n) is 7.30. The third-order valence-electron chi connectivity index (χ3n) is 2.80. The monoisotopic (exact) mass is 315 g/mol. The van der Waals surface area contributed by atoms with Crippen molar-refractivity contribution in [2.75, 3.05) is 6.54 Å². The van der Waals surface area contributed by atoms with E-state index in [1.54, 1.807) is 0 Å². The number of thiocarbonyl (C=S) groups is 1. The molecule has 0 saturated carbocycles. The normalized spacial score (nSPS) is 9.86. The number of carbonyl (C=O) groups is 1. The van der Waals surface area contributed by atoms with E-state index in [0.717, 1.165) is 50.0 Å². The number of unbranched alkanes of at least 4 members (excludes halogenated alkanes) is 3. The molecule has 5 heteroatoms. The Kier molecular flexibility index (Phi) is 9.31. The first kappa shape index (κ1) is 17.9. The van der Waals surface area contributed by atoms with Crippen molar-refractivity contribution >= 4 is 23.6 Å². The van der Waals surface area contributed by atoms with Crippen LogP contribution >= 0.6 is 12.2 Å². The van der Waals surface area contributed by atoms with E-state index < -0.39 is 0 Å². The lowest BCUT2D eigenvalue weighted by Gasteiger charge is -1.98. The van der Waals surface area contributed by atoms with Gasteiger partial charge in [0.05, 0.1) is 0 Å². The topological polar surface area (TPSA) is 54.0 Å². The van der Waals surface area contributed by atoms with Crippen LogP contribution in [0.4, 0.5) is 0 Å². The van der Waals surface area contributed by atoms with Crippen molar-refractivity contribution < 1.29 is 4.79 Å². The summed E-state index contributed by atoms with van der Waals surface area (Å²) < 4.78 is 0. The van der Waals surface area contributed by atoms with Crippen LogP contribution in [0.15, 0.2) is 30.5 Å². The first-order valence-corrected chi connectivity index (χ1v) is 7.71. The van der Waals surface area contributed by atoms with Gasteiger partial charge in [-0.15, -0.1) is 0 Å². The lowest BCUT2D eigenvalue weighted by molar-refractivity contribution is -0.109. The second kappa shape index (κ2) is 11.5. The van der Waals surface area contributed by atoms with Crippen LogP contribution in [0, 0.1) is 18.8 Å². The molecule has 0 unspecified atom stereocenters. The molecule has 4 nitrogen and oxygen atoms in total. The zero-order valence-corrected chi connectivity index (χ0v) is 13.6. The van der Waals surface area contributed by atoms with Gasteiger partial charge < -0.3 is 10.6 Å². The Morgan fingerprint density at radius 3 is 3.00 bits per heavy atom. The maximum Gasteiger partial charge on any atom is 0.207 e. The number of allylic oxidation sites excluding steroid dienone is 1. The van der Waals surface area contributed by atoms with E-state index in [9.17, 15) is 4.79 Å². The largest absolute Gasteiger partial charge is 0.359 e. The van der Waals surface area contributed by atoms with Crippen LogP contribution in [0.25, 0.3) is 0 Å². The summed E-state index contributed by atoms with van der Waals surface area (Å²) in [6.07, 6.45) is 8.75. The molecule has 0 aliphatic carbocycles. The summed E-state index contributed by atoms with van der Waals surface area (Å²) >= 11 is 5.13. The molecule has 1 amide bonds. The molecular formula is C17H21N3OS. The molecule has 1 rings (SSSR count). The van der Waals surface area contributed by atoms with Crippen LogP contribution in [0.1, 0.15) is 37.1 Å². The molecule has 0 fully saturated rings. The number of aromatic nitrogens is 1. The number of rotatable bonds is 8. The number of nitrogens with one attached hydrogen (secondary N) is 2. The zero-order valence-electron chi connectivity index (χ0n) is 12.8. The average Bonchev–Trinajstić information content (AvgIpc) is 2.51. The number of aryl methyl sites for hydroxylation is 1. The van der Waals surface area contributed by atoms with E-state index in [-0.39, 0.29) is 0 Å². The Morgan fingerprint density at radius 1 is 1.36 bits per heavy atom. The summed E-state index contributed by atoms with van der Waals surface area (Å²) in [5, 5.41) is 5.62. The molecule has 0 radical (unpaired) electrons. The Bertz CT molecular complexity index is 573. The lowest BCUT2D eigenvalue weighted by Crippen LogP contribution is -2.12. The SMILES string of the molecule is Cc1cccc(C#CC(=S)N/C=C/CCCCCNC=O)n1. The molecule has 0 aliphatic rings. The Labute approximate surface area is 137 Å². The van der Waals surface area contributed by atoms with Gasteiger partial charge in [-0.25, -0.2) is 4.98 Å². The summed E-state index contributed by atoms with van der Waals surface area (Å²) in [5.74, 6) is 5.80. The van der Waals surface area contributed by atoms with Crippen molar-refractivity contribution in [3.05, 3.63) is 41.9 Å². The highest BCUT2D eigenvalue weighted by atomic mass is 32.1. The van der Waals surface area contributed by atoms with Crippen LogP contribution in [0.5, 0.6) is 0 Å². The molecule has 0 spiro atoms.